The third-order valence-electron chi connectivity index (χ3n) is 4.79. The Labute approximate surface area is 195 Å². The first-order valence-corrected chi connectivity index (χ1v) is 10.5. The van der Waals surface area contributed by atoms with Gasteiger partial charge in [-0.05, 0) is 51.8 Å². The minimum absolute atomic E-state index is 0. The van der Waals surface area contributed by atoms with Crippen molar-refractivity contribution in [3.05, 3.63) is 23.8 Å². The van der Waals surface area contributed by atoms with Crippen molar-refractivity contribution < 1.29 is 18.3 Å². The van der Waals surface area contributed by atoms with Crippen molar-refractivity contribution in [1.29, 1.82) is 0 Å². The SMILES string of the molecule is CCCN1CCC(CNC(=NCc2cccc(OCC)c2OC(F)F)NCC)C1.I. The van der Waals surface area contributed by atoms with Crippen LogP contribution in [-0.4, -0.2) is 56.8 Å². The lowest BCUT2D eigenvalue weighted by atomic mass is 10.1. The van der Waals surface area contributed by atoms with Crippen LogP contribution in [0.25, 0.3) is 0 Å². The van der Waals surface area contributed by atoms with Crippen LogP contribution in [-0.2, 0) is 6.54 Å². The van der Waals surface area contributed by atoms with E-state index in [1.165, 1.54) is 12.8 Å². The van der Waals surface area contributed by atoms with Gasteiger partial charge in [-0.1, -0.05) is 19.1 Å². The number of likely N-dealkylation sites (tertiary alicyclic amines) is 1. The quantitative estimate of drug-likeness (QED) is 0.252. The van der Waals surface area contributed by atoms with Gasteiger partial charge in [0.1, 0.15) is 0 Å². The normalized spacial score (nSPS) is 17.0. The largest absolute Gasteiger partial charge is 0.490 e. The van der Waals surface area contributed by atoms with Crippen molar-refractivity contribution in [3.8, 4) is 11.5 Å². The molecule has 0 saturated carbocycles. The van der Waals surface area contributed by atoms with E-state index in [1.54, 1.807) is 25.1 Å². The Kier molecular flexibility index (Phi) is 13.0. The predicted octanol–water partition coefficient (Wildman–Crippen LogP) is 4.09. The van der Waals surface area contributed by atoms with Crippen LogP contribution in [0, 0.1) is 5.92 Å². The van der Waals surface area contributed by atoms with Crippen LogP contribution < -0.4 is 20.1 Å². The highest BCUT2D eigenvalue weighted by atomic mass is 127. The van der Waals surface area contributed by atoms with Gasteiger partial charge >= 0.3 is 6.61 Å². The van der Waals surface area contributed by atoms with E-state index in [0.717, 1.165) is 32.7 Å². The van der Waals surface area contributed by atoms with Gasteiger partial charge in [-0.2, -0.15) is 8.78 Å². The van der Waals surface area contributed by atoms with Gasteiger partial charge in [-0.25, -0.2) is 4.99 Å². The lowest BCUT2D eigenvalue weighted by Gasteiger charge is -2.17. The van der Waals surface area contributed by atoms with Crippen molar-refractivity contribution in [3.63, 3.8) is 0 Å². The van der Waals surface area contributed by atoms with Gasteiger partial charge in [-0.3, -0.25) is 0 Å². The van der Waals surface area contributed by atoms with Gasteiger partial charge in [0.2, 0.25) is 0 Å². The second kappa shape index (κ2) is 14.6. The number of para-hydroxylation sites is 1. The summed E-state index contributed by atoms with van der Waals surface area (Å²) in [4.78, 5) is 7.06. The summed E-state index contributed by atoms with van der Waals surface area (Å²) in [5.74, 6) is 1.62. The Hall–Kier alpha value is -1.36. The molecule has 1 aromatic carbocycles. The van der Waals surface area contributed by atoms with Gasteiger partial charge in [0.05, 0.1) is 13.2 Å². The molecule has 1 unspecified atom stereocenters. The fraction of sp³-hybridized carbons (Fsp3) is 0.667. The number of alkyl halides is 2. The monoisotopic (exact) mass is 540 g/mol. The molecule has 172 valence electrons. The van der Waals surface area contributed by atoms with Crippen molar-refractivity contribution >= 4 is 29.9 Å². The van der Waals surface area contributed by atoms with E-state index < -0.39 is 6.61 Å². The summed E-state index contributed by atoms with van der Waals surface area (Å²) in [5.41, 5.74) is 0.559. The smallest absolute Gasteiger partial charge is 0.387 e. The summed E-state index contributed by atoms with van der Waals surface area (Å²) in [6.45, 7) is 8.61. The molecular weight excluding hydrogens is 505 g/mol. The van der Waals surface area contributed by atoms with Gasteiger partial charge in [0.25, 0.3) is 0 Å². The number of ether oxygens (including phenoxy) is 2. The molecule has 1 aliphatic heterocycles. The minimum Gasteiger partial charge on any atom is -0.490 e. The molecule has 1 saturated heterocycles. The number of halogens is 3. The third kappa shape index (κ3) is 8.79. The number of hydrogen-bond donors (Lipinski definition) is 2. The van der Waals surface area contributed by atoms with Crippen LogP contribution in [0.5, 0.6) is 11.5 Å². The summed E-state index contributed by atoms with van der Waals surface area (Å²) >= 11 is 0. The minimum atomic E-state index is -2.92. The van der Waals surface area contributed by atoms with Crippen LogP contribution in [0.1, 0.15) is 39.2 Å². The molecule has 1 aromatic rings. The summed E-state index contributed by atoms with van der Waals surface area (Å²) in [5, 5.41) is 6.61. The van der Waals surface area contributed by atoms with Crippen LogP contribution in [0.3, 0.4) is 0 Å². The van der Waals surface area contributed by atoms with Crippen molar-refractivity contribution in [1.82, 2.24) is 15.5 Å². The number of hydrogen-bond acceptors (Lipinski definition) is 4. The maximum Gasteiger partial charge on any atom is 0.387 e. The Bertz CT molecular complexity index is 649. The van der Waals surface area contributed by atoms with Crippen LogP contribution >= 0.6 is 24.0 Å². The molecule has 0 aliphatic carbocycles. The molecule has 0 amide bonds. The summed E-state index contributed by atoms with van der Waals surface area (Å²) in [7, 11) is 0. The van der Waals surface area contributed by atoms with Crippen molar-refractivity contribution in [2.24, 2.45) is 10.9 Å². The second-order valence-corrected chi connectivity index (χ2v) is 7.09. The Balaban J connectivity index is 0.00000450. The van der Waals surface area contributed by atoms with Crippen molar-refractivity contribution in [2.75, 3.05) is 39.3 Å². The Morgan fingerprint density at radius 3 is 2.73 bits per heavy atom. The lowest BCUT2D eigenvalue weighted by Crippen LogP contribution is -2.40. The van der Waals surface area contributed by atoms with E-state index in [0.29, 0.717) is 29.8 Å². The number of benzene rings is 1. The van der Waals surface area contributed by atoms with Crippen LogP contribution in [0.15, 0.2) is 23.2 Å². The maximum absolute atomic E-state index is 12.9. The highest BCUT2D eigenvalue weighted by Crippen LogP contribution is 2.33. The van der Waals surface area contributed by atoms with E-state index in [2.05, 4.69) is 27.4 Å². The zero-order chi connectivity index (χ0) is 21.1. The topological polar surface area (TPSA) is 58.1 Å². The van der Waals surface area contributed by atoms with E-state index in [9.17, 15) is 8.78 Å². The van der Waals surface area contributed by atoms with Crippen LogP contribution in [0.4, 0.5) is 8.78 Å². The number of rotatable bonds is 11. The first-order valence-electron chi connectivity index (χ1n) is 10.5. The molecule has 1 heterocycles. The van der Waals surface area contributed by atoms with Gasteiger partial charge in [-0.15, -0.1) is 24.0 Å². The second-order valence-electron chi connectivity index (χ2n) is 7.09. The number of nitrogens with zero attached hydrogens (tertiary/aromatic N) is 2. The van der Waals surface area contributed by atoms with Gasteiger partial charge in [0.15, 0.2) is 17.5 Å². The molecule has 0 radical (unpaired) electrons. The first-order chi connectivity index (χ1) is 14.1. The molecule has 1 fully saturated rings. The standard InChI is InChI=1S/C21H34F2N4O2.HI/c1-4-11-27-12-10-16(15-27)13-25-21(24-5-2)26-14-17-8-7-9-18(28-6-3)19(17)29-20(22)23;/h7-9,16,20H,4-6,10-15H2,1-3H3,(H2,24,25,26);1H. The van der Waals surface area contributed by atoms with Gasteiger partial charge in [0, 0.05) is 25.2 Å². The fourth-order valence-corrected chi connectivity index (χ4v) is 3.52. The van der Waals surface area contributed by atoms with Gasteiger partial charge < -0.3 is 25.0 Å². The zero-order valence-corrected chi connectivity index (χ0v) is 20.5. The molecular formula is C21H35F2IN4O2. The summed E-state index contributed by atoms with van der Waals surface area (Å²) in [6, 6.07) is 5.11. The fourth-order valence-electron chi connectivity index (χ4n) is 3.52. The average Bonchev–Trinajstić information content (AvgIpc) is 3.13. The Morgan fingerprint density at radius 1 is 1.27 bits per heavy atom. The molecule has 9 heteroatoms. The molecule has 1 atom stereocenters. The van der Waals surface area contributed by atoms with E-state index in [-0.39, 0.29) is 36.3 Å². The predicted molar refractivity (Wildman–Crippen MR) is 127 cm³/mol. The molecule has 2 N–H and O–H groups in total. The maximum atomic E-state index is 12.9. The zero-order valence-electron chi connectivity index (χ0n) is 18.1. The third-order valence-corrected chi connectivity index (χ3v) is 4.79. The molecule has 1 aliphatic rings. The van der Waals surface area contributed by atoms with E-state index in [1.807, 2.05) is 6.92 Å². The van der Waals surface area contributed by atoms with Crippen LogP contribution in [0.2, 0.25) is 0 Å². The highest BCUT2D eigenvalue weighted by Gasteiger charge is 2.21. The molecule has 0 aromatic heterocycles. The molecule has 2 rings (SSSR count). The summed E-state index contributed by atoms with van der Waals surface area (Å²) in [6.07, 6.45) is 2.35. The molecule has 30 heavy (non-hydrogen) atoms. The Morgan fingerprint density at radius 2 is 2.07 bits per heavy atom. The highest BCUT2D eigenvalue weighted by molar-refractivity contribution is 14.0. The molecule has 0 spiro atoms. The number of guanidine groups is 1. The summed E-state index contributed by atoms with van der Waals surface area (Å²) < 4.78 is 35.9. The van der Waals surface area contributed by atoms with E-state index >= 15 is 0 Å². The lowest BCUT2D eigenvalue weighted by molar-refractivity contribution is -0.0520. The first kappa shape index (κ1) is 26.7. The molecule has 6 nitrogen and oxygen atoms in total. The number of nitrogens with one attached hydrogen (secondary N) is 2. The molecule has 0 bridgehead atoms. The van der Waals surface area contributed by atoms with E-state index in [4.69, 9.17) is 9.47 Å². The number of aliphatic imine (C=N–C) groups is 1. The average molecular weight is 540 g/mol. The van der Waals surface area contributed by atoms with Crippen molar-refractivity contribution in [2.45, 2.75) is 46.8 Å².